The van der Waals surface area contributed by atoms with E-state index in [4.69, 9.17) is 4.74 Å². The molecule has 4 atom stereocenters. The topological polar surface area (TPSA) is 57.4 Å². The molecule has 2 bridgehead atoms. The lowest BCUT2D eigenvalue weighted by Gasteiger charge is -2.53. The van der Waals surface area contributed by atoms with E-state index in [9.17, 15) is 4.79 Å². The number of para-hydroxylation sites is 1. The zero-order valence-electron chi connectivity index (χ0n) is 18.1. The summed E-state index contributed by atoms with van der Waals surface area (Å²) >= 11 is 0. The van der Waals surface area contributed by atoms with Gasteiger partial charge in [0.05, 0.1) is 0 Å². The summed E-state index contributed by atoms with van der Waals surface area (Å²) in [4.78, 5) is 18.4. The van der Waals surface area contributed by atoms with Gasteiger partial charge in [0.1, 0.15) is 5.60 Å². The summed E-state index contributed by atoms with van der Waals surface area (Å²) in [6, 6.07) is 9.57. The Bertz CT molecular complexity index is 964. The van der Waals surface area contributed by atoms with Gasteiger partial charge < -0.3 is 15.0 Å². The minimum Gasteiger partial charge on any atom is -0.454 e. The number of benzene rings is 1. The van der Waals surface area contributed by atoms with Crippen molar-refractivity contribution in [3.8, 4) is 0 Å². The molecule has 0 spiro atoms. The Morgan fingerprint density at radius 1 is 1.30 bits per heavy atom. The van der Waals surface area contributed by atoms with Crippen molar-refractivity contribution in [3.05, 3.63) is 47.7 Å². The summed E-state index contributed by atoms with van der Waals surface area (Å²) < 4.78 is 5.92. The lowest BCUT2D eigenvalue weighted by molar-refractivity contribution is -0.167. The van der Waals surface area contributed by atoms with Crippen LogP contribution >= 0.6 is 0 Å². The van der Waals surface area contributed by atoms with Gasteiger partial charge in [-0.15, -0.1) is 0 Å². The van der Waals surface area contributed by atoms with Crippen LogP contribution in [0.5, 0.6) is 0 Å². The molecule has 5 heteroatoms. The third-order valence-electron chi connectivity index (χ3n) is 7.55. The summed E-state index contributed by atoms with van der Waals surface area (Å²) in [7, 11) is 0. The predicted molar refractivity (Wildman–Crippen MR) is 119 cm³/mol. The first-order valence-corrected chi connectivity index (χ1v) is 11.5. The van der Waals surface area contributed by atoms with Gasteiger partial charge in [-0.25, -0.2) is 4.79 Å². The number of hydrogen-bond donors (Lipinski definition) is 2. The maximum absolute atomic E-state index is 12.4. The second-order valence-electron chi connectivity index (χ2n) is 9.58. The minimum absolute atomic E-state index is 0.156. The van der Waals surface area contributed by atoms with E-state index in [-0.39, 0.29) is 11.6 Å². The molecular formula is C25H33N3O2. The molecule has 0 aliphatic carbocycles. The number of carbonyl (C=O) groups is 1. The lowest BCUT2D eigenvalue weighted by Crippen LogP contribution is -2.63. The Morgan fingerprint density at radius 2 is 2.17 bits per heavy atom. The zero-order chi connectivity index (χ0) is 20.7. The number of aromatic amines is 1. The highest BCUT2D eigenvalue weighted by atomic mass is 16.6. The van der Waals surface area contributed by atoms with E-state index in [0.717, 1.165) is 38.8 Å². The molecule has 30 heavy (non-hydrogen) atoms. The van der Waals surface area contributed by atoms with E-state index < -0.39 is 0 Å². The SMILES string of the molecule is CC1C(NCCc2c[nH]c3ccccc23)CC2=CC(=O)OC(C)(C2)C2CCCCN12. The molecule has 2 N–H and O–H groups in total. The zero-order valence-corrected chi connectivity index (χ0v) is 18.1. The summed E-state index contributed by atoms with van der Waals surface area (Å²) in [5, 5.41) is 5.17. The van der Waals surface area contributed by atoms with E-state index in [1.165, 1.54) is 34.9 Å². The average Bonchev–Trinajstić information content (AvgIpc) is 3.14. The normalized spacial score (nSPS) is 32.1. The van der Waals surface area contributed by atoms with Crippen molar-refractivity contribution < 1.29 is 9.53 Å². The lowest BCUT2D eigenvalue weighted by atomic mass is 9.76. The molecule has 4 unspecified atom stereocenters. The first-order valence-electron chi connectivity index (χ1n) is 11.5. The van der Waals surface area contributed by atoms with E-state index in [1.54, 1.807) is 6.08 Å². The fraction of sp³-hybridized carbons (Fsp3) is 0.560. The van der Waals surface area contributed by atoms with Crippen molar-refractivity contribution in [3.63, 3.8) is 0 Å². The molecule has 4 heterocycles. The van der Waals surface area contributed by atoms with Gasteiger partial charge in [-0.1, -0.05) is 30.2 Å². The molecule has 3 aliphatic heterocycles. The van der Waals surface area contributed by atoms with E-state index >= 15 is 0 Å². The highest BCUT2D eigenvalue weighted by Crippen LogP contribution is 2.41. The second kappa shape index (κ2) is 7.86. The number of ether oxygens (including phenoxy) is 1. The monoisotopic (exact) mass is 407 g/mol. The molecule has 1 aromatic carbocycles. The Hall–Kier alpha value is -2.11. The number of fused-ring (bicyclic) bond motifs is 5. The van der Waals surface area contributed by atoms with Gasteiger partial charge in [-0.05, 0) is 64.3 Å². The molecule has 160 valence electrons. The largest absolute Gasteiger partial charge is 0.454 e. The van der Waals surface area contributed by atoms with Crippen molar-refractivity contribution in [2.75, 3.05) is 13.1 Å². The molecule has 0 radical (unpaired) electrons. The number of H-pyrrole nitrogens is 1. The van der Waals surface area contributed by atoms with Crippen molar-refractivity contribution in [1.82, 2.24) is 15.2 Å². The van der Waals surface area contributed by atoms with Crippen molar-refractivity contribution in [2.24, 2.45) is 0 Å². The summed E-state index contributed by atoms with van der Waals surface area (Å²) in [5.74, 6) is -0.156. The fourth-order valence-electron chi connectivity index (χ4n) is 6.04. The van der Waals surface area contributed by atoms with Crippen LogP contribution in [0.15, 0.2) is 42.1 Å². The van der Waals surface area contributed by atoms with Gasteiger partial charge >= 0.3 is 5.97 Å². The molecule has 0 amide bonds. The van der Waals surface area contributed by atoms with Gasteiger partial charge in [0, 0.05) is 47.7 Å². The first-order chi connectivity index (χ1) is 14.5. The van der Waals surface area contributed by atoms with Gasteiger partial charge in [0.2, 0.25) is 0 Å². The van der Waals surface area contributed by atoms with Crippen molar-refractivity contribution >= 4 is 16.9 Å². The van der Waals surface area contributed by atoms with Crippen molar-refractivity contribution in [1.29, 1.82) is 0 Å². The average molecular weight is 408 g/mol. The quantitative estimate of drug-likeness (QED) is 0.754. The second-order valence-corrected chi connectivity index (χ2v) is 9.58. The first kappa shape index (κ1) is 19.8. The van der Waals surface area contributed by atoms with E-state index in [0.29, 0.717) is 18.1 Å². The molecule has 0 saturated carbocycles. The Balaban J connectivity index is 1.34. The Labute approximate surface area is 178 Å². The smallest absolute Gasteiger partial charge is 0.331 e. The number of rotatable bonds is 4. The summed E-state index contributed by atoms with van der Waals surface area (Å²) in [6.07, 6.45) is 10.2. The third kappa shape index (κ3) is 3.58. The van der Waals surface area contributed by atoms with Gasteiger partial charge in [-0.2, -0.15) is 0 Å². The predicted octanol–water partition coefficient (Wildman–Crippen LogP) is 3.95. The Morgan fingerprint density at radius 3 is 3.07 bits per heavy atom. The molecule has 2 saturated heterocycles. The Kier molecular flexibility index (Phi) is 5.19. The number of carbonyl (C=O) groups excluding carboxylic acids is 1. The number of aromatic nitrogens is 1. The van der Waals surface area contributed by atoms with Crippen LogP contribution in [0.3, 0.4) is 0 Å². The van der Waals surface area contributed by atoms with Crippen LogP contribution in [-0.2, 0) is 16.0 Å². The molecule has 5 rings (SSSR count). The number of hydrogen-bond acceptors (Lipinski definition) is 4. The highest BCUT2D eigenvalue weighted by Gasteiger charge is 2.48. The van der Waals surface area contributed by atoms with Crippen molar-refractivity contribution in [2.45, 2.75) is 76.1 Å². The standard InChI is InChI=1S/C25H33N3O2/c1-17-22(26-11-10-19-16-27-21-8-4-3-7-20(19)21)13-18-14-24(29)30-25(2,15-18)23-9-5-6-12-28(17)23/h3-4,7-8,14,16-17,22-23,26-27H,5-6,9-13,15H2,1-2H3. The van der Waals surface area contributed by atoms with Crippen LogP contribution in [0.2, 0.25) is 0 Å². The van der Waals surface area contributed by atoms with Gasteiger partial charge in [-0.3, -0.25) is 4.90 Å². The summed E-state index contributed by atoms with van der Waals surface area (Å²) in [5.41, 5.74) is 3.43. The van der Waals surface area contributed by atoms with Gasteiger partial charge in [0.25, 0.3) is 0 Å². The van der Waals surface area contributed by atoms with Crippen LogP contribution in [0.1, 0.15) is 51.5 Å². The third-order valence-corrected chi connectivity index (χ3v) is 7.55. The molecule has 5 nitrogen and oxygen atoms in total. The van der Waals surface area contributed by atoms with E-state index in [1.807, 2.05) is 0 Å². The number of esters is 1. The summed E-state index contributed by atoms with van der Waals surface area (Å²) in [6.45, 7) is 6.54. The highest BCUT2D eigenvalue weighted by molar-refractivity contribution is 5.84. The number of nitrogens with one attached hydrogen (secondary N) is 2. The maximum atomic E-state index is 12.4. The molecule has 2 aromatic rings. The molecule has 1 aromatic heterocycles. The van der Waals surface area contributed by atoms with Crippen LogP contribution < -0.4 is 5.32 Å². The molecule has 2 fully saturated rings. The van der Waals surface area contributed by atoms with Crippen LogP contribution in [0, 0.1) is 0 Å². The van der Waals surface area contributed by atoms with Gasteiger partial charge in [0.15, 0.2) is 0 Å². The molecule has 3 aliphatic rings. The van der Waals surface area contributed by atoms with Crippen LogP contribution in [-0.4, -0.2) is 52.7 Å². The number of piperidine rings is 1. The van der Waals surface area contributed by atoms with Crippen LogP contribution in [0.4, 0.5) is 0 Å². The van der Waals surface area contributed by atoms with E-state index in [2.05, 4.69) is 59.5 Å². The minimum atomic E-state index is -0.384. The van der Waals surface area contributed by atoms with Crippen LogP contribution in [0.25, 0.3) is 10.9 Å². The number of nitrogens with zero attached hydrogens (tertiary/aromatic N) is 1. The molecular weight excluding hydrogens is 374 g/mol. The maximum Gasteiger partial charge on any atom is 0.331 e. The fourth-order valence-corrected chi connectivity index (χ4v) is 6.04.